The molecule has 0 radical (unpaired) electrons. The van der Waals surface area contributed by atoms with Crippen LogP contribution in [0.2, 0.25) is 0 Å². The number of carbonyl (C=O) groups is 2. The number of ether oxygens (including phenoxy) is 6. The van der Waals surface area contributed by atoms with E-state index in [1.165, 1.54) is 11.1 Å². The van der Waals surface area contributed by atoms with E-state index in [4.69, 9.17) is 28.4 Å². The van der Waals surface area contributed by atoms with E-state index < -0.39 is 0 Å². The van der Waals surface area contributed by atoms with Gasteiger partial charge in [-0.05, 0) is 74.3 Å². The summed E-state index contributed by atoms with van der Waals surface area (Å²) in [5, 5.41) is 0. The van der Waals surface area contributed by atoms with E-state index in [9.17, 15) is 9.59 Å². The molecule has 2 aliphatic rings. The molecular formula is C34H42O8. The molecule has 0 saturated carbocycles. The van der Waals surface area contributed by atoms with Gasteiger partial charge >= 0.3 is 11.9 Å². The second kappa shape index (κ2) is 16.5. The van der Waals surface area contributed by atoms with Crippen molar-refractivity contribution in [2.24, 2.45) is 0 Å². The highest BCUT2D eigenvalue weighted by atomic mass is 16.6. The molecule has 0 aromatic heterocycles. The first-order chi connectivity index (χ1) is 20.5. The Labute approximate surface area is 248 Å². The molecule has 0 N–H and O–H groups in total. The minimum Gasteiger partial charge on any atom is -0.489 e. The maximum Gasteiger partial charge on any atom is 0.344 e. The van der Waals surface area contributed by atoms with Crippen LogP contribution in [0, 0.1) is 0 Å². The molecule has 42 heavy (non-hydrogen) atoms. The lowest BCUT2D eigenvalue weighted by Crippen LogP contribution is -2.15. The molecular weight excluding hydrogens is 536 g/mol. The van der Waals surface area contributed by atoms with Gasteiger partial charge in [0.15, 0.2) is 13.2 Å². The van der Waals surface area contributed by atoms with Crippen LogP contribution in [0.3, 0.4) is 0 Å². The van der Waals surface area contributed by atoms with Crippen LogP contribution < -0.4 is 18.9 Å². The van der Waals surface area contributed by atoms with Gasteiger partial charge in [-0.2, -0.15) is 0 Å². The van der Waals surface area contributed by atoms with Gasteiger partial charge in [-0.15, -0.1) is 0 Å². The summed E-state index contributed by atoms with van der Waals surface area (Å²) >= 11 is 0. The quantitative estimate of drug-likeness (QED) is 0.147. The highest BCUT2D eigenvalue weighted by molar-refractivity contribution is 5.74. The van der Waals surface area contributed by atoms with Crippen molar-refractivity contribution in [3.63, 3.8) is 0 Å². The van der Waals surface area contributed by atoms with Crippen molar-refractivity contribution in [2.45, 2.75) is 65.2 Å². The Hall–Kier alpha value is -3.94. The zero-order valence-electron chi connectivity index (χ0n) is 24.8. The molecule has 2 aromatic rings. The number of allylic oxidation sites excluding steroid dienone is 2. The molecule has 0 amide bonds. The van der Waals surface area contributed by atoms with Crippen molar-refractivity contribution < 1.29 is 38.0 Å². The SMILES string of the molecule is CC1=CCOc2cc(OCC(=O)OCCCCCCCCCCOC(=O)COc3ccc4c(c3)OCC=C4C)ccc21. The Bertz CT molecular complexity index is 1160. The van der Waals surface area contributed by atoms with E-state index in [-0.39, 0.29) is 25.2 Å². The third-order valence-corrected chi connectivity index (χ3v) is 7.29. The Morgan fingerprint density at radius 3 is 1.45 bits per heavy atom. The largest absolute Gasteiger partial charge is 0.489 e. The molecule has 8 heteroatoms. The fourth-order valence-electron chi connectivity index (χ4n) is 4.81. The molecule has 0 aliphatic carbocycles. The van der Waals surface area contributed by atoms with Crippen LogP contribution in [0.4, 0.5) is 0 Å². The summed E-state index contributed by atoms with van der Waals surface area (Å²) in [7, 11) is 0. The number of hydrogen-bond acceptors (Lipinski definition) is 8. The molecule has 4 rings (SSSR count). The van der Waals surface area contributed by atoms with Crippen LogP contribution in [0.1, 0.15) is 76.3 Å². The van der Waals surface area contributed by atoms with Crippen LogP contribution in [0.25, 0.3) is 11.1 Å². The lowest BCUT2D eigenvalue weighted by molar-refractivity contribution is -0.147. The van der Waals surface area contributed by atoms with Gasteiger partial charge in [0.1, 0.15) is 36.2 Å². The average Bonchev–Trinajstić information content (AvgIpc) is 2.99. The number of esters is 2. The highest BCUT2D eigenvalue weighted by Crippen LogP contribution is 2.33. The fraction of sp³-hybridized carbons (Fsp3) is 0.471. The highest BCUT2D eigenvalue weighted by Gasteiger charge is 2.14. The summed E-state index contributed by atoms with van der Waals surface area (Å²) in [5.41, 5.74) is 4.44. The van der Waals surface area contributed by atoms with E-state index in [1.807, 2.05) is 62.4 Å². The second-order valence-corrected chi connectivity index (χ2v) is 10.6. The van der Waals surface area contributed by atoms with E-state index in [2.05, 4.69) is 0 Å². The summed E-state index contributed by atoms with van der Waals surface area (Å²) in [6.45, 7) is 5.78. The monoisotopic (exact) mass is 578 g/mol. The molecule has 226 valence electrons. The van der Waals surface area contributed by atoms with Gasteiger partial charge < -0.3 is 28.4 Å². The zero-order valence-corrected chi connectivity index (χ0v) is 24.8. The van der Waals surface area contributed by atoms with Crippen molar-refractivity contribution >= 4 is 23.1 Å². The topological polar surface area (TPSA) is 89.5 Å². The first kappa shape index (κ1) is 31.0. The Kier molecular flexibility index (Phi) is 12.2. The summed E-state index contributed by atoms with van der Waals surface area (Å²) < 4.78 is 33.0. The van der Waals surface area contributed by atoms with Crippen molar-refractivity contribution in [1.29, 1.82) is 0 Å². The van der Waals surface area contributed by atoms with E-state index >= 15 is 0 Å². The summed E-state index contributed by atoms with van der Waals surface area (Å²) in [6.07, 6.45) is 12.3. The maximum atomic E-state index is 12.0. The number of fused-ring (bicyclic) bond motifs is 2. The number of carbonyl (C=O) groups excluding carboxylic acids is 2. The van der Waals surface area contributed by atoms with Crippen LogP contribution in [0.15, 0.2) is 48.6 Å². The van der Waals surface area contributed by atoms with Gasteiger partial charge in [0, 0.05) is 23.3 Å². The van der Waals surface area contributed by atoms with Crippen molar-refractivity contribution in [3.8, 4) is 23.0 Å². The lowest BCUT2D eigenvalue weighted by atomic mass is 10.0. The molecule has 0 fully saturated rings. The normalized spacial score (nSPS) is 13.4. The molecule has 0 bridgehead atoms. The van der Waals surface area contributed by atoms with E-state index in [0.29, 0.717) is 37.9 Å². The number of hydrogen-bond donors (Lipinski definition) is 0. The van der Waals surface area contributed by atoms with E-state index in [0.717, 1.165) is 74.0 Å². The lowest BCUT2D eigenvalue weighted by Gasteiger charge is -2.17. The molecule has 2 heterocycles. The number of rotatable bonds is 17. The predicted molar refractivity (Wildman–Crippen MR) is 161 cm³/mol. The molecule has 2 aliphatic heterocycles. The van der Waals surface area contributed by atoms with Crippen molar-refractivity contribution in [3.05, 3.63) is 59.7 Å². The van der Waals surface area contributed by atoms with Gasteiger partial charge in [-0.1, -0.05) is 38.5 Å². The molecule has 0 spiro atoms. The maximum absolute atomic E-state index is 12.0. The minimum atomic E-state index is -0.363. The van der Waals surface area contributed by atoms with E-state index in [1.54, 1.807) is 0 Å². The first-order valence-electron chi connectivity index (χ1n) is 14.9. The molecule has 0 saturated heterocycles. The third kappa shape index (κ3) is 9.86. The smallest absolute Gasteiger partial charge is 0.344 e. The third-order valence-electron chi connectivity index (χ3n) is 7.29. The zero-order chi connectivity index (χ0) is 29.6. The summed E-state index contributed by atoms with van der Waals surface area (Å²) in [5.74, 6) is 2.01. The van der Waals surface area contributed by atoms with Crippen LogP contribution in [-0.2, 0) is 19.1 Å². The second-order valence-electron chi connectivity index (χ2n) is 10.6. The predicted octanol–water partition coefficient (Wildman–Crippen LogP) is 6.94. The van der Waals surface area contributed by atoms with Gasteiger partial charge in [0.25, 0.3) is 0 Å². The van der Waals surface area contributed by atoms with Gasteiger partial charge in [0.05, 0.1) is 13.2 Å². The van der Waals surface area contributed by atoms with Crippen molar-refractivity contribution in [2.75, 3.05) is 39.6 Å². The average molecular weight is 579 g/mol. The van der Waals surface area contributed by atoms with Gasteiger partial charge in [-0.3, -0.25) is 0 Å². The summed E-state index contributed by atoms with van der Waals surface area (Å²) in [6, 6.07) is 11.2. The Morgan fingerprint density at radius 2 is 1.02 bits per heavy atom. The Morgan fingerprint density at radius 1 is 0.619 bits per heavy atom. The minimum absolute atomic E-state index is 0.113. The fourth-order valence-corrected chi connectivity index (χ4v) is 4.81. The molecule has 0 atom stereocenters. The van der Waals surface area contributed by atoms with Crippen LogP contribution >= 0.6 is 0 Å². The standard InChI is InChI=1S/C34H42O8/c1-25-15-19-37-31-21-27(11-13-29(25)31)41-23-33(35)39-17-9-7-5-3-4-6-8-10-18-40-34(36)24-42-28-12-14-30-26(2)16-20-38-32(30)22-28/h11-16,21-22H,3-10,17-20,23-24H2,1-2H3. The molecule has 2 aromatic carbocycles. The van der Waals surface area contributed by atoms with Crippen molar-refractivity contribution in [1.82, 2.24) is 0 Å². The summed E-state index contributed by atoms with van der Waals surface area (Å²) in [4.78, 5) is 24.0. The first-order valence-corrected chi connectivity index (χ1v) is 14.9. The van der Waals surface area contributed by atoms with Gasteiger partial charge in [0.2, 0.25) is 0 Å². The van der Waals surface area contributed by atoms with Crippen LogP contribution in [-0.4, -0.2) is 51.6 Å². The number of benzene rings is 2. The van der Waals surface area contributed by atoms with Gasteiger partial charge in [-0.25, -0.2) is 9.59 Å². The van der Waals surface area contributed by atoms with Crippen LogP contribution in [0.5, 0.6) is 23.0 Å². The molecule has 8 nitrogen and oxygen atoms in total. The Balaban J connectivity index is 0.931. The molecule has 0 unspecified atom stereocenters. The number of unbranched alkanes of at least 4 members (excludes halogenated alkanes) is 7.